The van der Waals surface area contributed by atoms with Crippen molar-refractivity contribution in [2.24, 2.45) is 0 Å². The van der Waals surface area contributed by atoms with Crippen LogP contribution in [0.25, 0.3) is 0 Å². The molecule has 1 aromatic rings. The minimum Gasteiger partial charge on any atom is -0.466 e. The second-order valence-electron chi connectivity index (χ2n) is 4.75. The molecular weight excluding hydrogens is 278 g/mol. The molecule has 20 heavy (non-hydrogen) atoms. The lowest BCUT2D eigenvalue weighted by Crippen LogP contribution is -2.38. The summed E-state index contributed by atoms with van der Waals surface area (Å²) >= 11 is 1.63. The Balaban J connectivity index is 2.04. The molecule has 0 aromatic carbocycles. The highest BCUT2D eigenvalue weighted by molar-refractivity contribution is 7.10. The van der Waals surface area contributed by atoms with E-state index in [1.807, 2.05) is 11.4 Å². The Morgan fingerprint density at radius 2 is 2.35 bits per heavy atom. The molecule has 0 saturated heterocycles. The molecule has 0 bridgehead atoms. The van der Waals surface area contributed by atoms with Gasteiger partial charge in [-0.3, -0.25) is 9.59 Å². The number of aryl methyl sites for hydroxylation is 1. The number of nitrogens with zero attached hydrogens (tertiary/aromatic N) is 1. The Morgan fingerprint density at radius 3 is 3.10 bits per heavy atom. The number of ether oxygens (including phenoxy) is 1. The van der Waals surface area contributed by atoms with Gasteiger partial charge in [-0.05, 0) is 31.2 Å². The molecule has 0 saturated carbocycles. The van der Waals surface area contributed by atoms with Crippen LogP contribution < -0.4 is 4.90 Å². The number of hydrogen-bond acceptors (Lipinski definition) is 5. The predicted octanol–water partition coefficient (Wildman–Crippen LogP) is 1.73. The van der Waals surface area contributed by atoms with Crippen molar-refractivity contribution in [2.45, 2.75) is 38.7 Å². The monoisotopic (exact) mass is 297 g/mol. The third kappa shape index (κ3) is 3.58. The third-order valence-electron chi connectivity index (χ3n) is 3.21. The lowest BCUT2D eigenvalue weighted by Gasteiger charge is -2.23. The Kier molecular flexibility index (Phi) is 5.14. The molecule has 1 unspecified atom stereocenters. The summed E-state index contributed by atoms with van der Waals surface area (Å²) in [7, 11) is 0. The molecule has 2 rings (SSSR count). The molecule has 110 valence electrons. The van der Waals surface area contributed by atoms with Gasteiger partial charge in [0, 0.05) is 11.3 Å². The van der Waals surface area contributed by atoms with E-state index in [1.54, 1.807) is 23.2 Å². The summed E-state index contributed by atoms with van der Waals surface area (Å²) in [4.78, 5) is 26.2. The first-order valence-corrected chi connectivity index (χ1v) is 7.70. The summed E-state index contributed by atoms with van der Waals surface area (Å²) in [6.07, 6.45) is 1.22. The van der Waals surface area contributed by atoms with Crippen LogP contribution in [0.4, 0.5) is 5.69 Å². The highest BCUT2D eigenvalue weighted by Crippen LogP contribution is 2.31. The minimum absolute atomic E-state index is 0.00468. The van der Waals surface area contributed by atoms with Crippen molar-refractivity contribution in [2.75, 3.05) is 18.1 Å². The topological polar surface area (TPSA) is 66.8 Å². The van der Waals surface area contributed by atoms with E-state index in [2.05, 4.69) is 0 Å². The number of β-amino-alcohol motifs (C(OH)–C–C–N with tert-alkyl or cyclic N) is 1. The first-order valence-electron chi connectivity index (χ1n) is 6.82. The molecule has 0 spiro atoms. The number of carbonyl (C=O) groups is 2. The Labute approximate surface area is 122 Å². The van der Waals surface area contributed by atoms with Crippen molar-refractivity contribution in [1.82, 2.24) is 0 Å². The average molecular weight is 297 g/mol. The van der Waals surface area contributed by atoms with E-state index in [0.29, 0.717) is 13.0 Å². The number of amides is 1. The fraction of sp³-hybridized carbons (Fsp3) is 0.571. The molecule has 0 radical (unpaired) electrons. The van der Waals surface area contributed by atoms with E-state index in [1.165, 1.54) is 4.88 Å². The number of thiophene rings is 1. The standard InChI is InChI=1S/C14H19NO4S/c1-2-19-14(18)8-10(16)9-15-11-6-7-20-12(11)4-3-5-13(15)17/h6-7,10,16H,2-5,8-9H2,1H3. The number of aliphatic hydroxyl groups is 1. The van der Waals surface area contributed by atoms with Crippen molar-refractivity contribution < 1.29 is 19.4 Å². The van der Waals surface area contributed by atoms with Gasteiger partial charge in [0.2, 0.25) is 5.91 Å². The maximum absolute atomic E-state index is 12.1. The molecule has 5 nitrogen and oxygen atoms in total. The molecule has 1 N–H and O–H groups in total. The molecule has 0 fully saturated rings. The lowest BCUT2D eigenvalue weighted by atomic mass is 10.2. The zero-order chi connectivity index (χ0) is 14.5. The Bertz CT molecular complexity index is 485. The molecule has 2 heterocycles. The van der Waals surface area contributed by atoms with Gasteiger partial charge in [-0.25, -0.2) is 0 Å². The van der Waals surface area contributed by atoms with Gasteiger partial charge in [-0.1, -0.05) is 0 Å². The summed E-state index contributed by atoms with van der Waals surface area (Å²) in [6.45, 7) is 2.16. The number of anilines is 1. The summed E-state index contributed by atoms with van der Waals surface area (Å²) in [5, 5.41) is 11.9. The van der Waals surface area contributed by atoms with Crippen molar-refractivity contribution in [3.05, 3.63) is 16.3 Å². The molecule has 1 amide bonds. The maximum atomic E-state index is 12.1. The average Bonchev–Trinajstić information content (AvgIpc) is 2.79. The summed E-state index contributed by atoms with van der Waals surface area (Å²) in [5.41, 5.74) is 0.875. The van der Waals surface area contributed by atoms with Gasteiger partial charge in [-0.2, -0.15) is 0 Å². The lowest BCUT2D eigenvalue weighted by molar-refractivity contribution is -0.145. The SMILES string of the molecule is CCOC(=O)CC(O)CN1C(=O)CCCc2sccc21. The van der Waals surface area contributed by atoms with Crippen LogP contribution in [0.1, 0.15) is 31.1 Å². The quantitative estimate of drug-likeness (QED) is 0.841. The van der Waals surface area contributed by atoms with Crippen LogP contribution in [0.5, 0.6) is 0 Å². The van der Waals surface area contributed by atoms with Gasteiger partial charge in [0.1, 0.15) is 0 Å². The molecule has 1 atom stereocenters. The number of esters is 1. The number of carbonyl (C=O) groups excluding carboxylic acids is 2. The van der Waals surface area contributed by atoms with E-state index in [9.17, 15) is 14.7 Å². The first-order chi connectivity index (χ1) is 9.61. The third-order valence-corrected chi connectivity index (χ3v) is 4.18. The second kappa shape index (κ2) is 6.85. The van der Waals surface area contributed by atoms with Gasteiger partial charge >= 0.3 is 5.97 Å². The van der Waals surface area contributed by atoms with Crippen LogP contribution in [0.3, 0.4) is 0 Å². The fourth-order valence-corrected chi connectivity index (χ4v) is 3.24. The molecule has 1 aliphatic rings. The van der Waals surface area contributed by atoms with E-state index in [-0.39, 0.29) is 18.9 Å². The molecule has 1 aliphatic heterocycles. The van der Waals surface area contributed by atoms with E-state index >= 15 is 0 Å². The first kappa shape index (κ1) is 15.0. The molecule has 6 heteroatoms. The maximum Gasteiger partial charge on any atom is 0.308 e. The minimum atomic E-state index is -0.899. The van der Waals surface area contributed by atoms with Crippen LogP contribution in [-0.4, -0.2) is 36.2 Å². The Hall–Kier alpha value is -1.40. The van der Waals surface area contributed by atoms with Gasteiger partial charge in [0.25, 0.3) is 0 Å². The number of hydrogen-bond donors (Lipinski definition) is 1. The van der Waals surface area contributed by atoms with Crippen LogP contribution >= 0.6 is 11.3 Å². The molecule has 0 aliphatic carbocycles. The van der Waals surface area contributed by atoms with Gasteiger partial charge in [0.05, 0.1) is 31.4 Å². The van der Waals surface area contributed by atoms with Crippen LogP contribution in [0.15, 0.2) is 11.4 Å². The van der Waals surface area contributed by atoms with Gasteiger partial charge in [0.15, 0.2) is 0 Å². The van der Waals surface area contributed by atoms with E-state index in [4.69, 9.17) is 4.74 Å². The van der Waals surface area contributed by atoms with Gasteiger partial charge < -0.3 is 14.7 Å². The number of aliphatic hydroxyl groups excluding tert-OH is 1. The van der Waals surface area contributed by atoms with Crippen molar-refractivity contribution in [3.8, 4) is 0 Å². The number of fused-ring (bicyclic) bond motifs is 1. The predicted molar refractivity (Wildman–Crippen MR) is 76.9 cm³/mol. The van der Waals surface area contributed by atoms with Crippen molar-refractivity contribution in [1.29, 1.82) is 0 Å². The molecular formula is C14H19NO4S. The Morgan fingerprint density at radius 1 is 1.55 bits per heavy atom. The zero-order valence-corrected chi connectivity index (χ0v) is 12.3. The zero-order valence-electron chi connectivity index (χ0n) is 11.5. The normalized spacial score (nSPS) is 16.5. The van der Waals surface area contributed by atoms with E-state index < -0.39 is 12.1 Å². The summed E-state index contributed by atoms with van der Waals surface area (Å²) < 4.78 is 4.81. The van der Waals surface area contributed by atoms with Crippen molar-refractivity contribution in [3.63, 3.8) is 0 Å². The largest absolute Gasteiger partial charge is 0.466 e. The second-order valence-corrected chi connectivity index (χ2v) is 5.75. The molecule has 1 aromatic heterocycles. The fourth-order valence-electron chi connectivity index (χ4n) is 2.32. The van der Waals surface area contributed by atoms with Crippen LogP contribution in [0.2, 0.25) is 0 Å². The van der Waals surface area contributed by atoms with Crippen molar-refractivity contribution >= 4 is 28.9 Å². The highest BCUT2D eigenvalue weighted by Gasteiger charge is 2.26. The van der Waals surface area contributed by atoms with Gasteiger partial charge in [-0.15, -0.1) is 11.3 Å². The smallest absolute Gasteiger partial charge is 0.308 e. The summed E-state index contributed by atoms with van der Waals surface area (Å²) in [6, 6.07) is 1.90. The van der Waals surface area contributed by atoms with Crippen LogP contribution in [-0.2, 0) is 20.7 Å². The number of rotatable bonds is 5. The van der Waals surface area contributed by atoms with E-state index in [0.717, 1.165) is 18.5 Å². The highest BCUT2D eigenvalue weighted by atomic mass is 32.1. The summed E-state index contributed by atoms with van der Waals surface area (Å²) in [5.74, 6) is -0.433. The van der Waals surface area contributed by atoms with Crippen LogP contribution in [0, 0.1) is 0 Å².